The fourth-order valence-corrected chi connectivity index (χ4v) is 1.92. The summed E-state index contributed by atoms with van der Waals surface area (Å²) >= 11 is 11.7. The van der Waals surface area contributed by atoms with Gasteiger partial charge in [0, 0.05) is 18.9 Å². The Morgan fingerprint density at radius 2 is 1.79 bits per heavy atom. The van der Waals surface area contributed by atoms with E-state index >= 15 is 0 Å². The number of rotatable bonds is 4. The number of aromatic nitrogens is 1. The molecular formula is C14H12Cl2N2O. The van der Waals surface area contributed by atoms with Gasteiger partial charge in [0.1, 0.15) is 0 Å². The maximum atomic E-state index is 11.7. The highest BCUT2D eigenvalue weighted by atomic mass is 35.5. The molecule has 1 aromatic carbocycles. The standard InChI is InChI=1S/C14H12Cl2N2O/c15-12-2-1-11(7-13(12)16)9-18-14(19)8-10-3-5-17-6-4-10/h1-7H,8-9H2,(H,18,19). The zero-order valence-electron chi connectivity index (χ0n) is 10.1. The van der Waals surface area contributed by atoms with E-state index in [1.165, 1.54) is 0 Å². The van der Waals surface area contributed by atoms with Crippen molar-refractivity contribution < 1.29 is 4.79 Å². The third-order valence-electron chi connectivity index (χ3n) is 2.59. The Morgan fingerprint density at radius 1 is 1.05 bits per heavy atom. The number of amides is 1. The maximum absolute atomic E-state index is 11.7. The van der Waals surface area contributed by atoms with Crippen molar-refractivity contribution >= 4 is 29.1 Å². The van der Waals surface area contributed by atoms with Gasteiger partial charge in [0.25, 0.3) is 0 Å². The van der Waals surface area contributed by atoms with E-state index < -0.39 is 0 Å². The summed E-state index contributed by atoms with van der Waals surface area (Å²) in [5.74, 6) is -0.0442. The average Bonchev–Trinajstić information content (AvgIpc) is 2.41. The van der Waals surface area contributed by atoms with E-state index in [1.807, 2.05) is 18.2 Å². The van der Waals surface area contributed by atoms with Crippen LogP contribution < -0.4 is 5.32 Å². The topological polar surface area (TPSA) is 42.0 Å². The van der Waals surface area contributed by atoms with Crippen molar-refractivity contribution in [3.05, 3.63) is 63.9 Å². The summed E-state index contributed by atoms with van der Waals surface area (Å²) < 4.78 is 0. The van der Waals surface area contributed by atoms with Crippen LogP contribution >= 0.6 is 23.2 Å². The van der Waals surface area contributed by atoms with Gasteiger partial charge >= 0.3 is 0 Å². The highest BCUT2D eigenvalue weighted by Crippen LogP contribution is 2.22. The first-order chi connectivity index (χ1) is 9.15. The van der Waals surface area contributed by atoms with Crippen molar-refractivity contribution in [2.24, 2.45) is 0 Å². The normalized spacial score (nSPS) is 10.2. The summed E-state index contributed by atoms with van der Waals surface area (Å²) in [4.78, 5) is 15.7. The molecule has 0 aliphatic rings. The molecule has 0 spiro atoms. The molecule has 0 atom stereocenters. The van der Waals surface area contributed by atoms with Crippen LogP contribution in [0.1, 0.15) is 11.1 Å². The molecule has 0 saturated heterocycles. The van der Waals surface area contributed by atoms with E-state index in [1.54, 1.807) is 24.5 Å². The minimum atomic E-state index is -0.0442. The van der Waals surface area contributed by atoms with Crippen LogP contribution in [0.5, 0.6) is 0 Å². The Labute approximate surface area is 121 Å². The molecule has 98 valence electrons. The van der Waals surface area contributed by atoms with Gasteiger partial charge in [0.05, 0.1) is 16.5 Å². The van der Waals surface area contributed by atoms with Gasteiger partial charge in [0.2, 0.25) is 5.91 Å². The van der Waals surface area contributed by atoms with E-state index in [4.69, 9.17) is 23.2 Å². The van der Waals surface area contributed by atoms with E-state index in [-0.39, 0.29) is 5.91 Å². The minimum absolute atomic E-state index is 0.0442. The molecule has 0 aliphatic carbocycles. The Bertz CT molecular complexity index is 573. The summed E-state index contributed by atoms with van der Waals surface area (Å²) in [6.07, 6.45) is 3.67. The molecule has 3 nitrogen and oxygen atoms in total. The molecule has 2 rings (SSSR count). The number of hydrogen-bond acceptors (Lipinski definition) is 2. The molecule has 0 unspecified atom stereocenters. The number of carbonyl (C=O) groups excluding carboxylic acids is 1. The Kier molecular flexibility index (Phi) is 4.77. The second kappa shape index (κ2) is 6.55. The minimum Gasteiger partial charge on any atom is -0.352 e. The first-order valence-electron chi connectivity index (χ1n) is 5.74. The molecule has 0 saturated carbocycles. The molecule has 0 bridgehead atoms. The summed E-state index contributed by atoms with van der Waals surface area (Å²) in [7, 11) is 0. The quantitative estimate of drug-likeness (QED) is 0.940. The first kappa shape index (κ1) is 13.8. The molecule has 1 aromatic heterocycles. The van der Waals surface area contributed by atoms with Crippen molar-refractivity contribution in [2.75, 3.05) is 0 Å². The molecule has 19 heavy (non-hydrogen) atoms. The summed E-state index contributed by atoms with van der Waals surface area (Å²) in [5, 5.41) is 3.83. The van der Waals surface area contributed by atoms with E-state index in [9.17, 15) is 4.79 Å². The lowest BCUT2D eigenvalue weighted by molar-refractivity contribution is -0.120. The molecule has 1 heterocycles. The zero-order valence-corrected chi connectivity index (χ0v) is 11.6. The lowest BCUT2D eigenvalue weighted by atomic mass is 10.2. The first-order valence-corrected chi connectivity index (χ1v) is 6.50. The number of halogens is 2. The van der Waals surface area contributed by atoms with E-state index in [0.717, 1.165) is 11.1 Å². The van der Waals surface area contributed by atoms with Crippen molar-refractivity contribution in [1.82, 2.24) is 10.3 Å². The second-order valence-electron chi connectivity index (χ2n) is 4.06. The van der Waals surface area contributed by atoms with Gasteiger partial charge in [-0.1, -0.05) is 29.3 Å². The molecular weight excluding hydrogens is 283 g/mol. The fourth-order valence-electron chi connectivity index (χ4n) is 1.60. The van der Waals surface area contributed by atoms with E-state index in [0.29, 0.717) is 23.0 Å². The van der Waals surface area contributed by atoms with Crippen molar-refractivity contribution in [3.8, 4) is 0 Å². The highest BCUT2D eigenvalue weighted by Gasteiger charge is 2.04. The highest BCUT2D eigenvalue weighted by molar-refractivity contribution is 6.42. The number of nitrogens with zero attached hydrogens (tertiary/aromatic N) is 1. The molecule has 2 aromatic rings. The van der Waals surface area contributed by atoms with Crippen LogP contribution in [0.3, 0.4) is 0 Å². The van der Waals surface area contributed by atoms with Gasteiger partial charge in [-0.25, -0.2) is 0 Å². The smallest absolute Gasteiger partial charge is 0.224 e. The van der Waals surface area contributed by atoms with Gasteiger partial charge in [-0.15, -0.1) is 0 Å². The van der Waals surface area contributed by atoms with Crippen LogP contribution in [-0.2, 0) is 17.8 Å². The molecule has 0 radical (unpaired) electrons. The monoisotopic (exact) mass is 294 g/mol. The van der Waals surface area contributed by atoms with Gasteiger partial charge < -0.3 is 5.32 Å². The lowest BCUT2D eigenvalue weighted by Gasteiger charge is -2.06. The Hall–Kier alpha value is -1.58. The fraction of sp³-hybridized carbons (Fsp3) is 0.143. The summed E-state index contributed by atoms with van der Waals surface area (Å²) in [5.41, 5.74) is 1.85. The molecule has 0 aliphatic heterocycles. The van der Waals surface area contributed by atoms with E-state index in [2.05, 4.69) is 10.3 Å². The number of pyridine rings is 1. The van der Waals surface area contributed by atoms with Crippen LogP contribution in [0.15, 0.2) is 42.7 Å². The van der Waals surface area contributed by atoms with Gasteiger partial charge in [-0.05, 0) is 35.4 Å². The summed E-state index contributed by atoms with van der Waals surface area (Å²) in [6, 6.07) is 8.93. The number of nitrogens with one attached hydrogen (secondary N) is 1. The van der Waals surface area contributed by atoms with Crippen LogP contribution in [0.2, 0.25) is 10.0 Å². The average molecular weight is 295 g/mol. The van der Waals surface area contributed by atoms with Gasteiger partial charge in [-0.3, -0.25) is 9.78 Å². The third kappa shape index (κ3) is 4.23. The molecule has 1 N–H and O–H groups in total. The van der Waals surface area contributed by atoms with Crippen molar-refractivity contribution in [1.29, 1.82) is 0 Å². The van der Waals surface area contributed by atoms with Gasteiger partial charge in [0.15, 0.2) is 0 Å². The zero-order chi connectivity index (χ0) is 13.7. The maximum Gasteiger partial charge on any atom is 0.224 e. The van der Waals surface area contributed by atoms with Crippen molar-refractivity contribution in [3.63, 3.8) is 0 Å². The Morgan fingerprint density at radius 3 is 2.47 bits per heavy atom. The van der Waals surface area contributed by atoms with Crippen molar-refractivity contribution in [2.45, 2.75) is 13.0 Å². The predicted molar refractivity (Wildman–Crippen MR) is 76.2 cm³/mol. The molecule has 0 fully saturated rings. The number of carbonyl (C=O) groups is 1. The molecule has 5 heteroatoms. The summed E-state index contributed by atoms with van der Waals surface area (Å²) in [6.45, 7) is 0.431. The molecule has 1 amide bonds. The largest absolute Gasteiger partial charge is 0.352 e. The predicted octanol–water partition coefficient (Wildman–Crippen LogP) is 3.25. The van der Waals surface area contributed by atoms with Crippen LogP contribution in [0.25, 0.3) is 0 Å². The number of hydrogen-bond donors (Lipinski definition) is 1. The second-order valence-corrected chi connectivity index (χ2v) is 4.87. The number of benzene rings is 1. The SMILES string of the molecule is O=C(Cc1ccncc1)NCc1ccc(Cl)c(Cl)c1. The van der Waals surface area contributed by atoms with Gasteiger partial charge in [-0.2, -0.15) is 0 Å². The Balaban J connectivity index is 1.88. The third-order valence-corrected chi connectivity index (χ3v) is 3.33. The van der Waals surface area contributed by atoms with Crippen LogP contribution in [-0.4, -0.2) is 10.9 Å². The van der Waals surface area contributed by atoms with Crippen LogP contribution in [0, 0.1) is 0 Å². The lowest BCUT2D eigenvalue weighted by Crippen LogP contribution is -2.24. The van der Waals surface area contributed by atoms with Crippen LogP contribution in [0.4, 0.5) is 0 Å².